The minimum atomic E-state index is -3.41. The van der Waals surface area contributed by atoms with E-state index in [4.69, 9.17) is 16.3 Å². The van der Waals surface area contributed by atoms with Crippen molar-refractivity contribution in [2.45, 2.75) is 61.9 Å². The van der Waals surface area contributed by atoms with E-state index in [1.807, 2.05) is 19.1 Å². The molecule has 0 unspecified atom stereocenters. The van der Waals surface area contributed by atoms with Crippen molar-refractivity contribution in [3.63, 3.8) is 0 Å². The Morgan fingerprint density at radius 3 is 2.35 bits per heavy atom. The summed E-state index contributed by atoms with van der Waals surface area (Å²) in [7, 11) is -2.26. The molecule has 0 bridgehead atoms. The molecule has 5 rings (SSSR count). The molecular weight excluding hydrogens is 638 g/mol. The molecule has 0 aromatic heterocycles. The number of piperazine rings is 1. The predicted molar refractivity (Wildman–Crippen MR) is 172 cm³/mol. The van der Waals surface area contributed by atoms with Crippen LogP contribution in [0.2, 0.25) is 5.02 Å². The third-order valence-corrected chi connectivity index (χ3v) is 11.2. The summed E-state index contributed by atoms with van der Waals surface area (Å²) in [6, 6.07) is 14.6. The molecule has 1 heterocycles. The highest BCUT2D eigenvalue weighted by Crippen LogP contribution is 2.35. The number of sulfonamides is 1. The van der Waals surface area contributed by atoms with E-state index in [0.717, 1.165) is 30.9 Å². The van der Waals surface area contributed by atoms with Crippen LogP contribution in [0, 0.1) is 11.6 Å². The molecule has 3 aromatic carbocycles. The van der Waals surface area contributed by atoms with Gasteiger partial charge in [0, 0.05) is 47.9 Å². The van der Waals surface area contributed by atoms with E-state index in [1.165, 1.54) is 0 Å². The number of nitrogens with zero attached hydrogens (tertiary/aromatic N) is 1. The number of anilines is 1. The molecule has 1 saturated carbocycles. The highest BCUT2D eigenvalue weighted by atomic mass is 35.5. The number of aryl methyl sites for hydroxylation is 1. The molecule has 1 aliphatic carbocycles. The first kappa shape index (κ1) is 33.8. The Bertz CT molecular complexity index is 1650. The van der Waals surface area contributed by atoms with E-state index in [-0.39, 0.29) is 22.9 Å². The van der Waals surface area contributed by atoms with Crippen molar-refractivity contribution in [2.24, 2.45) is 0 Å². The Kier molecular flexibility index (Phi) is 10.6. The Hall–Kier alpha value is -3.58. The second kappa shape index (κ2) is 14.5. The highest BCUT2D eigenvalue weighted by Gasteiger charge is 2.45. The molecule has 1 aliphatic heterocycles. The van der Waals surface area contributed by atoms with E-state index in [9.17, 15) is 26.8 Å². The van der Waals surface area contributed by atoms with Crippen molar-refractivity contribution in [1.29, 1.82) is 0 Å². The number of hydrogen-bond acceptors (Lipinski definition) is 6. The molecule has 3 aromatic rings. The lowest BCUT2D eigenvalue weighted by Gasteiger charge is -2.40. The maximum absolute atomic E-state index is 14.5. The number of benzene rings is 3. The summed E-state index contributed by atoms with van der Waals surface area (Å²) in [4.78, 5) is 26.6. The van der Waals surface area contributed by atoms with Gasteiger partial charge in [-0.05, 0) is 79.6 Å². The molecule has 46 heavy (non-hydrogen) atoms. The van der Waals surface area contributed by atoms with Crippen LogP contribution in [-0.2, 0) is 26.0 Å². The van der Waals surface area contributed by atoms with Crippen molar-refractivity contribution in [2.75, 3.05) is 25.5 Å². The van der Waals surface area contributed by atoms with Gasteiger partial charge < -0.3 is 20.7 Å². The van der Waals surface area contributed by atoms with Gasteiger partial charge in [-0.1, -0.05) is 41.9 Å². The van der Waals surface area contributed by atoms with Gasteiger partial charge in [0.2, 0.25) is 15.9 Å². The molecule has 0 radical (unpaired) electrons. The number of hydrogen-bond donors (Lipinski definition) is 3. The third-order valence-electron chi connectivity index (χ3n) is 8.42. The summed E-state index contributed by atoms with van der Waals surface area (Å²) in [6.07, 6.45) is 1.41. The van der Waals surface area contributed by atoms with Gasteiger partial charge in [-0.25, -0.2) is 22.0 Å². The van der Waals surface area contributed by atoms with Crippen LogP contribution in [0.4, 0.5) is 19.3 Å². The molecule has 13 heteroatoms. The standard InChI is InChI=1S/C33H37ClF2N4O5S/c1-20-18-37-19-27(40(20)46(43,44)28-13-14-28)12-9-21-5-3-4-6-29(21)38-32(41)31(39-33(42)45-2)30(22-7-10-24(34)11-8-22)23-15-25(35)17-26(36)16-23/h3-8,10-11,15-17,20,27-28,30-31,37H,9,12-14,18-19H2,1-2H3,(H,38,41)(H,39,42)/t20-,27-,30-,31-/m0/s1. The van der Waals surface area contributed by atoms with Crippen LogP contribution in [0.1, 0.15) is 48.8 Å². The summed E-state index contributed by atoms with van der Waals surface area (Å²) in [5, 5.41) is 8.88. The fourth-order valence-corrected chi connectivity index (χ4v) is 8.48. The Labute approximate surface area is 272 Å². The minimum Gasteiger partial charge on any atom is -0.453 e. The summed E-state index contributed by atoms with van der Waals surface area (Å²) < 4.78 is 61.9. The van der Waals surface area contributed by atoms with E-state index >= 15 is 0 Å². The predicted octanol–water partition coefficient (Wildman–Crippen LogP) is 5.20. The van der Waals surface area contributed by atoms with Gasteiger partial charge in [0.05, 0.1) is 12.4 Å². The van der Waals surface area contributed by atoms with Gasteiger partial charge in [0.1, 0.15) is 17.7 Å². The normalized spacial score (nSPS) is 20.0. The molecule has 246 valence electrons. The molecule has 2 fully saturated rings. The second-order valence-corrected chi connectivity index (χ2v) is 14.3. The monoisotopic (exact) mass is 674 g/mol. The quantitative estimate of drug-likeness (QED) is 0.258. The number of rotatable bonds is 11. The fourth-order valence-electron chi connectivity index (χ4n) is 6.11. The largest absolute Gasteiger partial charge is 0.453 e. The molecule has 9 nitrogen and oxygen atoms in total. The van der Waals surface area contributed by atoms with Crippen LogP contribution in [0.15, 0.2) is 66.7 Å². The number of nitrogens with one attached hydrogen (secondary N) is 3. The van der Waals surface area contributed by atoms with E-state index in [0.29, 0.717) is 55.0 Å². The molecular formula is C33H37ClF2N4O5S. The zero-order valence-electron chi connectivity index (χ0n) is 25.5. The number of ether oxygens (including phenoxy) is 1. The summed E-state index contributed by atoms with van der Waals surface area (Å²) in [5.74, 6) is -3.39. The lowest BCUT2D eigenvalue weighted by atomic mass is 9.84. The van der Waals surface area contributed by atoms with Crippen LogP contribution in [0.3, 0.4) is 0 Å². The van der Waals surface area contributed by atoms with Crippen LogP contribution >= 0.6 is 11.6 Å². The number of carbonyl (C=O) groups excluding carboxylic acids is 2. The second-order valence-electron chi connectivity index (χ2n) is 11.8. The maximum atomic E-state index is 14.5. The first-order chi connectivity index (χ1) is 22.0. The van der Waals surface area contributed by atoms with Gasteiger partial charge in [-0.3, -0.25) is 4.79 Å². The first-order valence-corrected chi connectivity index (χ1v) is 17.0. The first-order valence-electron chi connectivity index (χ1n) is 15.2. The highest BCUT2D eigenvalue weighted by molar-refractivity contribution is 7.90. The van der Waals surface area contributed by atoms with Crippen LogP contribution < -0.4 is 16.0 Å². The SMILES string of the molecule is COC(=O)N[C@H](C(=O)Nc1ccccc1CC[C@H]1CNC[C@H](C)N1S(=O)(=O)C1CC1)[C@@H](c1ccc(Cl)cc1)c1cc(F)cc(F)c1. The molecule has 1 saturated heterocycles. The van der Waals surface area contributed by atoms with Crippen molar-refractivity contribution in [1.82, 2.24) is 14.9 Å². The third kappa shape index (κ3) is 7.86. The Morgan fingerprint density at radius 1 is 1.02 bits per heavy atom. The van der Waals surface area contributed by atoms with Crippen LogP contribution in [-0.4, -0.2) is 68.3 Å². The smallest absolute Gasteiger partial charge is 0.407 e. The summed E-state index contributed by atoms with van der Waals surface area (Å²) in [5.41, 5.74) is 1.79. The number of carbonyl (C=O) groups is 2. The number of amides is 2. The molecule has 2 aliphatic rings. The number of methoxy groups -OCH3 is 1. The van der Waals surface area contributed by atoms with E-state index in [1.54, 1.807) is 40.7 Å². The minimum absolute atomic E-state index is 0.112. The van der Waals surface area contributed by atoms with Gasteiger partial charge >= 0.3 is 6.09 Å². The molecule has 4 atom stereocenters. The van der Waals surface area contributed by atoms with Gasteiger partial charge in [-0.2, -0.15) is 4.31 Å². The molecule has 0 spiro atoms. The van der Waals surface area contributed by atoms with E-state index in [2.05, 4.69) is 16.0 Å². The van der Waals surface area contributed by atoms with Crippen LogP contribution in [0.25, 0.3) is 0 Å². The van der Waals surface area contributed by atoms with Gasteiger partial charge in [-0.15, -0.1) is 0 Å². The number of halogens is 3. The Balaban J connectivity index is 1.43. The van der Waals surface area contributed by atoms with Crippen molar-refractivity contribution in [3.8, 4) is 0 Å². The Morgan fingerprint density at radius 2 is 1.70 bits per heavy atom. The van der Waals surface area contributed by atoms with Crippen molar-refractivity contribution < 1.29 is 31.5 Å². The number of para-hydroxylation sites is 1. The van der Waals surface area contributed by atoms with Crippen LogP contribution in [0.5, 0.6) is 0 Å². The van der Waals surface area contributed by atoms with Gasteiger partial charge in [0.25, 0.3) is 0 Å². The lowest BCUT2D eigenvalue weighted by Crippen LogP contribution is -2.59. The van der Waals surface area contributed by atoms with Crippen molar-refractivity contribution >= 4 is 39.3 Å². The zero-order valence-corrected chi connectivity index (χ0v) is 27.1. The van der Waals surface area contributed by atoms with E-state index < -0.39 is 45.6 Å². The van der Waals surface area contributed by atoms with Crippen molar-refractivity contribution in [3.05, 3.63) is 100 Å². The fraction of sp³-hybridized carbons (Fsp3) is 0.394. The average Bonchev–Trinajstić information content (AvgIpc) is 3.87. The average molecular weight is 675 g/mol. The zero-order chi connectivity index (χ0) is 33.0. The molecule has 3 N–H and O–H groups in total. The summed E-state index contributed by atoms with van der Waals surface area (Å²) >= 11 is 6.10. The topological polar surface area (TPSA) is 117 Å². The number of alkyl carbamates (subject to hydrolysis) is 1. The maximum Gasteiger partial charge on any atom is 0.407 e. The summed E-state index contributed by atoms with van der Waals surface area (Å²) in [6.45, 7) is 3.00. The van der Waals surface area contributed by atoms with Gasteiger partial charge in [0.15, 0.2) is 0 Å². The molecule has 2 amide bonds. The lowest BCUT2D eigenvalue weighted by molar-refractivity contribution is -0.118.